The van der Waals surface area contributed by atoms with Crippen molar-refractivity contribution in [3.8, 4) is 11.6 Å². The lowest BCUT2D eigenvalue weighted by atomic mass is 9.90. The van der Waals surface area contributed by atoms with Crippen LogP contribution in [0.4, 0.5) is 10.2 Å². The van der Waals surface area contributed by atoms with Gasteiger partial charge in [0.05, 0.1) is 10.6 Å². The lowest BCUT2D eigenvalue weighted by molar-refractivity contribution is 0.0981. The Bertz CT molecular complexity index is 1380. The third kappa shape index (κ3) is 5.08. The van der Waals surface area contributed by atoms with Crippen LogP contribution in [0.15, 0.2) is 59.8 Å². The monoisotopic (exact) mass is 518 g/mol. The van der Waals surface area contributed by atoms with E-state index < -0.39 is 26.8 Å². The Hall–Kier alpha value is -3.24. The van der Waals surface area contributed by atoms with Gasteiger partial charge in [0.25, 0.3) is 15.9 Å². The first kappa shape index (κ1) is 24.9. The second kappa shape index (κ2) is 9.43. The third-order valence-corrected chi connectivity index (χ3v) is 7.83. The normalized spacial score (nSPS) is 17.3. The number of anilines is 1. The van der Waals surface area contributed by atoms with Crippen molar-refractivity contribution in [1.82, 2.24) is 14.7 Å². The number of carbonyl (C=O) groups is 1. The van der Waals surface area contributed by atoms with Gasteiger partial charge in [-0.15, -0.1) is 0 Å². The summed E-state index contributed by atoms with van der Waals surface area (Å²) in [6, 6.07) is 10.6. The number of halogens is 2. The summed E-state index contributed by atoms with van der Waals surface area (Å²) < 4.78 is 47.0. The molecule has 0 bridgehead atoms. The predicted octanol–water partition coefficient (Wildman–Crippen LogP) is 4.80. The fourth-order valence-electron chi connectivity index (χ4n) is 3.90. The van der Waals surface area contributed by atoms with Crippen molar-refractivity contribution in [2.45, 2.75) is 37.8 Å². The standard InChI is InChI=1S/C24H24ClFN4O4S/c1-15-11-13-30(24(15,2)3)22-17(6-5-12-27-22)23(31)29-35(32,33)21-8-4-7-20(28-21)34-19-14-16(26)9-10-18(19)25/h4-10,12,14-15H,11,13H2,1-3H3,(H,29,31). The van der Waals surface area contributed by atoms with E-state index in [1.165, 1.54) is 30.3 Å². The minimum atomic E-state index is -4.36. The van der Waals surface area contributed by atoms with Crippen molar-refractivity contribution in [2.24, 2.45) is 5.92 Å². The van der Waals surface area contributed by atoms with Crippen LogP contribution in [0.25, 0.3) is 0 Å². The molecule has 0 spiro atoms. The summed E-state index contributed by atoms with van der Waals surface area (Å²) in [6.45, 7) is 6.96. The van der Waals surface area contributed by atoms with E-state index in [2.05, 4.69) is 35.5 Å². The molecule has 8 nitrogen and oxygen atoms in total. The largest absolute Gasteiger partial charge is 0.437 e. The van der Waals surface area contributed by atoms with Crippen LogP contribution in [-0.2, 0) is 10.0 Å². The van der Waals surface area contributed by atoms with Crippen LogP contribution in [0.1, 0.15) is 37.6 Å². The highest BCUT2D eigenvalue weighted by Crippen LogP contribution is 2.38. The summed E-state index contributed by atoms with van der Waals surface area (Å²) in [6.07, 6.45) is 2.49. The summed E-state index contributed by atoms with van der Waals surface area (Å²) in [5, 5.41) is -0.325. The van der Waals surface area contributed by atoms with Gasteiger partial charge in [0.1, 0.15) is 11.6 Å². The topological polar surface area (TPSA) is 101 Å². The quantitative estimate of drug-likeness (QED) is 0.500. The van der Waals surface area contributed by atoms with Gasteiger partial charge in [0.15, 0.2) is 10.8 Å². The molecule has 1 aliphatic heterocycles. The number of hydrogen-bond donors (Lipinski definition) is 1. The van der Waals surface area contributed by atoms with E-state index >= 15 is 0 Å². The summed E-state index contributed by atoms with van der Waals surface area (Å²) in [5.74, 6) is -0.793. The van der Waals surface area contributed by atoms with Crippen LogP contribution in [0.3, 0.4) is 0 Å². The molecule has 1 aromatic carbocycles. The van der Waals surface area contributed by atoms with Gasteiger partial charge in [-0.3, -0.25) is 4.79 Å². The van der Waals surface area contributed by atoms with Crippen LogP contribution in [0, 0.1) is 11.7 Å². The average Bonchev–Trinajstić information content (AvgIpc) is 3.08. The molecule has 0 radical (unpaired) electrons. The Balaban J connectivity index is 1.59. The Morgan fingerprint density at radius 1 is 1.23 bits per heavy atom. The number of benzene rings is 1. The lowest BCUT2D eigenvalue weighted by Crippen LogP contribution is -2.43. The van der Waals surface area contributed by atoms with E-state index in [9.17, 15) is 17.6 Å². The van der Waals surface area contributed by atoms with Crippen molar-refractivity contribution >= 4 is 33.3 Å². The minimum absolute atomic E-state index is 0.0276. The number of ether oxygens (including phenoxy) is 1. The van der Waals surface area contributed by atoms with Gasteiger partial charge < -0.3 is 9.64 Å². The molecule has 1 saturated heterocycles. The zero-order chi connectivity index (χ0) is 25.4. The molecule has 1 unspecified atom stereocenters. The maximum absolute atomic E-state index is 13.5. The molecule has 3 heterocycles. The van der Waals surface area contributed by atoms with Gasteiger partial charge in [-0.1, -0.05) is 24.6 Å². The van der Waals surface area contributed by atoms with Crippen molar-refractivity contribution in [3.63, 3.8) is 0 Å². The van der Waals surface area contributed by atoms with Crippen molar-refractivity contribution in [2.75, 3.05) is 11.4 Å². The van der Waals surface area contributed by atoms with E-state index in [0.29, 0.717) is 18.3 Å². The molecular formula is C24H24ClFN4O4S. The third-order valence-electron chi connectivity index (χ3n) is 6.28. The molecular weight excluding hydrogens is 495 g/mol. The lowest BCUT2D eigenvalue weighted by Gasteiger charge is -2.36. The van der Waals surface area contributed by atoms with E-state index in [1.807, 2.05) is 4.90 Å². The zero-order valence-corrected chi connectivity index (χ0v) is 20.9. The number of pyridine rings is 2. The van der Waals surface area contributed by atoms with Crippen molar-refractivity contribution < 1.29 is 22.3 Å². The highest BCUT2D eigenvalue weighted by Gasteiger charge is 2.40. The SMILES string of the molecule is CC1CCN(c2ncccc2C(=O)NS(=O)(=O)c2cccc(Oc3cc(F)ccc3Cl)n2)C1(C)C. The number of aromatic nitrogens is 2. The van der Waals surface area contributed by atoms with Crippen LogP contribution in [0.5, 0.6) is 11.6 Å². The summed E-state index contributed by atoms with van der Waals surface area (Å²) in [7, 11) is -4.36. The molecule has 4 rings (SSSR count). The first-order chi connectivity index (χ1) is 16.5. The molecule has 1 fully saturated rings. The van der Waals surface area contributed by atoms with Crippen molar-refractivity contribution in [3.05, 3.63) is 71.1 Å². The smallest absolute Gasteiger partial charge is 0.281 e. The van der Waals surface area contributed by atoms with Crippen molar-refractivity contribution in [1.29, 1.82) is 0 Å². The highest BCUT2D eigenvalue weighted by atomic mass is 35.5. The average molecular weight is 519 g/mol. The van der Waals surface area contributed by atoms with E-state index in [0.717, 1.165) is 18.6 Å². The number of nitrogens with one attached hydrogen (secondary N) is 1. The van der Waals surface area contributed by atoms with E-state index in [-0.39, 0.29) is 27.8 Å². The number of nitrogens with zero attached hydrogens (tertiary/aromatic N) is 3. The van der Waals surface area contributed by atoms with Gasteiger partial charge in [0, 0.05) is 30.4 Å². The minimum Gasteiger partial charge on any atom is -0.437 e. The predicted molar refractivity (Wildman–Crippen MR) is 130 cm³/mol. The van der Waals surface area contributed by atoms with Crippen LogP contribution in [-0.4, -0.2) is 36.4 Å². The number of carbonyl (C=O) groups excluding carboxylic acids is 1. The number of rotatable bonds is 6. The van der Waals surface area contributed by atoms with E-state index in [4.69, 9.17) is 16.3 Å². The molecule has 0 saturated carbocycles. The molecule has 35 heavy (non-hydrogen) atoms. The molecule has 1 N–H and O–H groups in total. The van der Waals surface area contributed by atoms with Gasteiger partial charge in [-0.2, -0.15) is 13.4 Å². The van der Waals surface area contributed by atoms with Crippen LogP contribution < -0.4 is 14.4 Å². The second-order valence-corrected chi connectivity index (χ2v) is 10.8. The molecule has 1 aliphatic rings. The first-order valence-electron chi connectivity index (χ1n) is 10.9. The summed E-state index contributed by atoms with van der Waals surface area (Å²) in [4.78, 5) is 23.4. The zero-order valence-electron chi connectivity index (χ0n) is 19.3. The summed E-state index contributed by atoms with van der Waals surface area (Å²) in [5.41, 5.74) is -0.120. The summed E-state index contributed by atoms with van der Waals surface area (Å²) >= 11 is 6.01. The van der Waals surface area contributed by atoms with Gasteiger partial charge >= 0.3 is 0 Å². The second-order valence-electron chi connectivity index (χ2n) is 8.80. The molecule has 0 aliphatic carbocycles. The Kier molecular flexibility index (Phi) is 6.70. The number of sulfonamides is 1. The highest BCUT2D eigenvalue weighted by molar-refractivity contribution is 7.90. The number of amides is 1. The van der Waals surface area contributed by atoms with Crippen LogP contribution >= 0.6 is 11.6 Å². The molecule has 1 atom stereocenters. The van der Waals surface area contributed by atoms with E-state index in [1.54, 1.807) is 12.3 Å². The maximum atomic E-state index is 13.5. The van der Waals surface area contributed by atoms with Crippen LogP contribution in [0.2, 0.25) is 5.02 Å². The molecule has 184 valence electrons. The fourth-order valence-corrected chi connectivity index (χ4v) is 4.98. The molecule has 2 aromatic heterocycles. The molecule has 1 amide bonds. The number of hydrogen-bond acceptors (Lipinski definition) is 7. The Morgan fingerprint density at radius 2 is 2.00 bits per heavy atom. The molecule has 11 heteroatoms. The van der Waals surface area contributed by atoms with Gasteiger partial charge in [-0.25, -0.2) is 14.1 Å². The van der Waals surface area contributed by atoms with Gasteiger partial charge in [0.2, 0.25) is 5.88 Å². The fraction of sp³-hybridized carbons (Fsp3) is 0.292. The maximum Gasteiger partial charge on any atom is 0.281 e. The first-order valence-corrected chi connectivity index (χ1v) is 12.7. The Labute approximate surface area is 208 Å². The Morgan fingerprint density at radius 3 is 2.71 bits per heavy atom. The van der Waals surface area contributed by atoms with Gasteiger partial charge in [-0.05, 0) is 56.5 Å². The molecule has 3 aromatic rings.